The molecule has 2 nitrogen and oxygen atoms in total. The highest BCUT2D eigenvalue weighted by atomic mass is 19.1. The van der Waals surface area contributed by atoms with Crippen LogP contribution in [0, 0.1) is 17.7 Å². The van der Waals surface area contributed by atoms with Crippen molar-refractivity contribution in [3.8, 4) is 0 Å². The molecule has 1 aliphatic carbocycles. The number of hydrogen-bond acceptors (Lipinski definition) is 2. The molecule has 19 heavy (non-hydrogen) atoms. The van der Waals surface area contributed by atoms with Gasteiger partial charge in [-0.2, -0.15) is 0 Å². The van der Waals surface area contributed by atoms with Gasteiger partial charge in [0.2, 0.25) is 0 Å². The van der Waals surface area contributed by atoms with Crippen LogP contribution in [-0.4, -0.2) is 24.5 Å². The number of hydrogen-bond donors (Lipinski definition) is 1. The summed E-state index contributed by atoms with van der Waals surface area (Å²) in [7, 11) is 2.05. The van der Waals surface area contributed by atoms with Gasteiger partial charge in [-0.1, -0.05) is 25.1 Å². The second-order valence-corrected chi connectivity index (χ2v) is 6.13. The molecule has 1 fully saturated rings. The van der Waals surface area contributed by atoms with Gasteiger partial charge in [-0.05, 0) is 44.2 Å². The van der Waals surface area contributed by atoms with Gasteiger partial charge in [-0.15, -0.1) is 0 Å². The molecule has 0 aromatic heterocycles. The maximum atomic E-state index is 13.6. The molecule has 1 aromatic carbocycles. The number of halogens is 1. The van der Waals surface area contributed by atoms with Crippen molar-refractivity contribution in [2.45, 2.75) is 38.8 Å². The summed E-state index contributed by atoms with van der Waals surface area (Å²) in [5.74, 6) is 1.20. The Bertz CT molecular complexity index is 407. The number of nitrogens with two attached hydrogens (primary N) is 1. The maximum absolute atomic E-state index is 13.6. The summed E-state index contributed by atoms with van der Waals surface area (Å²) in [4.78, 5) is 2.20. The third-order valence-corrected chi connectivity index (χ3v) is 4.25. The van der Waals surface area contributed by atoms with E-state index in [1.54, 1.807) is 6.07 Å². The van der Waals surface area contributed by atoms with Crippen molar-refractivity contribution in [1.29, 1.82) is 0 Å². The molecule has 1 aromatic rings. The van der Waals surface area contributed by atoms with E-state index < -0.39 is 0 Å². The van der Waals surface area contributed by atoms with Gasteiger partial charge in [0.05, 0.1) is 0 Å². The monoisotopic (exact) mass is 264 g/mol. The van der Waals surface area contributed by atoms with Gasteiger partial charge in [0, 0.05) is 24.7 Å². The summed E-state index contributed by atoms with van der Waals surface area (Å²) in [6.45, 7) is 3.92. The van der Waals surface area contributed by atoms with Crippen molar-refractivity contribution in [2.75, 3.05) is 13.6 Å². The maximum Gasteiger partial charge on any atom is 0.127 e. The van der Waals surface area contributed by atoms with Gasteiger partial charge in [-0.25, -0.2) is 4.39 Å². The van der Waals surface area contributed by atoms with E-state index in [1.165, 1.54) is 18.9 Å². The zero-order valence-corrected chi connectivity index (χ0v) is 12.0. The van der Waals surface area contributed by atoms with Crippen LogP contribution < -0.4 is 5.73 Å². The van der Waals surface area contributed by atoms with Crippen molar-refractivity contribution in [3.63, 3.8) is 0 Å². The smallest absolute Gasteiger partial charge is 0.127 e. The van der Waals surface area contributed by atoms with Gasteiger partial charge in [0.1, 0.15) is 5.82 Å². The summed E-state index contributed by atoms with van der Waals surface area (Å²) in [6, 6.07) is 7.31. The quantitative estimate of drug-likeness (QED) is 0.905. The largest absolute Gasteiger partial charge is 0.327 e. The molecule has 1 aliphatic rings. The van der Waals surface area contributed by atoms with Gasteiger partial charge in [0.15, 0.2) is 0 Å². The first-order valence-electron chi connectivity index (χ1n) is 7.23. The highest BCUT2D eigenvalue weighted by Gasteiger charge is 2.26. The fourth-order valence-corrected chi connectivity index (χ4v) is 3.11. The van der Waals surface area contributed by atoms with Crippen LogP contribution in [-0.2, 0) is 6.54 Å². The van der Waals surface area contributed by atoms with Crippen LogP contribution in [0.4, 0.5) is 4.39 Å². The molecule has 3 atom stereocenters. The van der Waals surface area contributed by atoms with Gasteiger partial charge >= 0.3 is 0 Å². The lowest BCUT2D eigenvalue weighted by Crippen LogP contribution is -2.41. The number of benzene rings is 1. The highest BCUT2D eigenvalue weighted by Crippen LogP contribution is 2.28. The van der Waals surface area contributed by atoms with E-state index in [9.17, 15) is 4.39 Å². The Morgan fingerprint density at radius 1 is 1.32 bits per heavy atom. The Morgan fingerprint density at radius 2 is 2.05 bits per heavy atom. The molecular formula is C16H25FN2. The summed E-state index contributed by atoms with van der Waals surface area (Å²) in [5.41, 5.74) is 6.98. The second-order valence-electron chi connectivity index (χ2n) is 6.13. The van der Waals surface area contributed by atoms with Gasteiger partial charge < -0.3 is 10.6 Å². The zero-order chi connectivity index (χ0) is 13.8. The van der Waals surface area contributed by atoms with E-state index in [2.05, 4.69) is 18.9 Å². The van der Waals surface area contributed by atoms with Crippen LogP contribution >= 0.6 is 0 Å². The molecule has 0 radical (unpaired) electrons. The van der Waals surface area contributed by atoms with Crippen LogP contribution in [0.1, 0.15) is 31.7 Å². The number of nitrogens with zero attached hydrogens (tertiary/aromatic N) is 1. The molecular weight excluding hydrogens is 239 g/mol. The molecule has 0 bridgehead atoms. The fourth-order valence-electron chi connectivity index (χ4n) is 3.11. The third kappa shape index (κ3) is 4.02. The van der Waals surface area contributed by atoms with Gasteiger partial charge in [0.25, 0.3) is 0 Å². The summed E-state index contributed by atoms with van der Waals surface area (Å²) >= 11 is 0. The number of rotatable bonds is 4. The predicted octanol–water partition coefficient (Wildman–Crippen LogP) is 3.02. The molecule has 2 rings (SSSR count). The SMILES string of the molecule is CC1CCC(N)C(CN(C)Cc2ccccc2F)C1. The minimum Gasteiger partial charge on any atom is -0.327 e. The lowest BCUT2D eigenvalue weighted by atomic mass is 9.79. The Kier molecular flexibility index (Phi) is 4.94. The average molecular weight is 264 g/mol. The molecule has 1 saturated carbocycles. The fraction of sp³-hybridized carbons (Fsp3) is 0.625. The van der Waals surface area contributed by atoms with Crippen LogP contribution in [0.5, 0.6) is 0 Å². The first-order valence-corrected chi connectivity index (χ1v) is 7.23. The highest BCUT2D eigenvalue weighted by molar-refractivity contribution is 5.17. The lowest BCUT2D eigenvalue weighted by Gasteiger charge is -2.35. The van der Waals surface area contributed by atoms with Crippen molar-refractivity contribution in [1.82, 2.24) is 4.90 Å². The van der Waals surface area contributed by atoms with Crippen LogP contribution in [0.25, 0.3) is 0 Å². The first kappa shape index (κ1) is 14.5. The minimum atomic E-state index is -0.115. The van der Waals surface area contributed by atoms with E-state index in [0.29, 0.717) is 18.5 Å². The van der Waals surface area contributed by atoms with E-state index in [1.807, 2.05) is 12.1 Å². The van der Waals surface area contributed by atoms with Crippen molar-refractivity contribution in [3.05, 3.63) is 35.6 Å². The minimum absolute atomic E-state index is 0.115. The van der Waals surface area contributed by atoms with E-state index >= 15 is 0 Å². The summed E-state index contributed by atoms with van der Waals surface area (Å²) < 4.78 is 13.6. The molecule has 0 aliphatic heterocycles. The Hall–Kier alpha value is -0.930. The molecule has 0 spiro atoms. The van der Waals surface area contributed by atoms with Crippen LogP contribution in [0.3, 0.4) is 0 Å². The molecule has 106 valence electrons. The van der Waals surface area contributed by atoms with Crippen molar-refractivity contribution in [2.24, 2.45) is 17.6 Å². The van der Waals surface area contributed by atoms with Crippen molar-refractivity contribution < 1.29 is 4.39 Å². The topological polar surface area (TPSA) is 29.3 Å². The molecule has 0 heterocycles. The second kappa shape index (κ2) is 6.49. The van der Waals surface area contributed by atoms with Crippen LogP contribution in [0.15, 0.2) is 24.3 Å². The standard InChI is InChI=1S/C16H25FN2/c1-12-7-8-16(18)14(9-12)11-19(2)10-13-5-3-4-6-15(13)17/h3-6,12,14,16H,7-11,18H2,1-2H3. The van der Waals surface area contributed by atoms with Gasteiger partial charge in [-0.3, -0.25) is 0 Å². The van der Waals surface area contributed by atoms with Crippen LogP contribution in [0.2, 0.25) is 0 Å². The normalized spacial score (nSPS) is 27.7. The van der Waals surface area contributed by atoms with E-state index in [0.717, 1.165) is 24.4 Å². The molecule has 0 amide bonds. The van der Waals surface area contributed by atoms with E-state index in [4.69, 9.17) is 5.73 Å². The molecule has 0 saturated heterocycles. The lowest BCUT2D eigenvalue weighted by molar-refractivity contribution is 0.176. The summed E-state index contributed by atoms with van der Waals surface area (Å²) in [5, 5.41) is 0. The first-order chi connectivity index (χ1) is 9.06. The molecule has 3 unspecified atom stereocenters. The predicted molar refractivity (Wildman–Crippen MR) is 77.2 cm³/mol. The van der Waals surface area contributed by atoms with E-state index in [-0.39, 0.29) is 5.82 Å². The molecule has 3 heteroatoms. The van der Waals surface area contributed by atoms with Crippen molar-refractivity contribution >= 4 is 0 Å². The zero-order valence-electron chi connectivity index (χ0n) is 12.0. The molecule has 2 N–H and O–H groups in total. The Morgan fingerprint density at radius 3 is 2.79 bits per heavy atom. The summed E-state index contributed by atoms with van der Waals surface area (Å²) in [6.07, 6.45) is 3.57. The Labute approximate surface area is 115 Å². The third-order valence-electron chi connectivity index (χ3n) is 4.25. The Balaban J connectivity index is 1.90. The average Bonchev–Trinajstić information content (AvgIpc) is 2.37.